The van der Waals surface area contributed by atoms with Crippen LogP contribution in [0.1, 0.15) is 35.2 Å². The molecule has 0 bridgehead atoms. The minimum Gasteiger partial charge on any atom is -0.506 e. The zero-order valence-electron chi connectivity index (χ0n) is 18.6. The first-order valence-corrected chi connectivity index (χ1v) is 10.5. The number of aromatic hydroxyl groups is 1. The Bertz CT molecular complexity index is 935. The first-order chi connectivity index (χ1) is 15.9. The summed E-state index contributed by atoms with van der Waals surface area (Å²) in [4.78, 5) is 42.2. The van der Waals surface area contributed by atoms with Crippen molar-refractivity contribution in [1.29, 1.82) is 0 Å². The van der Waals surface area contributed by atoms with Crippen LogP contribution in [0, 0.1) is 0 Å². The lowest BCUT2D eigenvalue weighted by Gasteiger charge is -2.19. The van der Waals surface area contributed by atoms with Crippen LogP contribution in [0.2, 0.25) is 0 Å². The molecule has 0 spiro atoms. The molecule has 0 fully saturated rings. The number of pyridine rings is 1. The molecule has 1 aromatic carbocycles. The molecular weight excluding hydrogens is 426 g/mol. The highest BCUT2D eigenvalue weighted by Gasteiger charge is 2.23. The van der Waals surface area contributed by atoms with Crippen molar-refractivity contribution in [1.82, 2.24) is 15.2 Å². The molecule has 176 valence electrons. The second-order valence-electron chi connectivity index (χ2n) is 7.33. The average molecular weight is 456 g/mol. The molecule has 2 N–H and O–H groups in total. The normalized spacial score (nSPS) is 11.2. The molecule has 0 aliphatic heterocycles. The monoisotopic (exact) mass is 455 g/mol. The Morgan fingerprint density at radius 3 is 2.64 bits per heavy atom. The van der Waals surface area contributed by atoms with E-state index < -0.39 is 18.1 Å². The summed E-state index contributed by atoms with van der Waals surface area (Å²) in [6.07, 6.45) is 4.80. The molecule has 1 aromatic heterocycles. The number of hydrogen-bond donors (Lipinski definition) is 2. The first kappa shape index (κ1) is 25.4. The number of ether oxygens (including phenoxy) is 2. The molecule has 0 radical (unpaired) electrons. The Hall–Kier alpha value is -3.88. The smallest absolute Gasteiger partial charge is 0.408 e. The van der Waals surface area contributed by atoms with Gasteiger partial charge in [-0.2, -0.15) is 0 Å². The summed E-state index contributed by atoms with van der Waals surface area (Å²) in [6, 6.07) is 9.66. The van der Waals surface area contributed by atoms with Gasteiger partial charge in [0.2, 0.25) is 0 Å². The van der Waals surface area contributed by atoms with Gasteiger partial charge in [-0.15, -0.1) is 0 Å². The maximum absolute atomic E-state index is 12.4. The Morgan fingerprint density at radius 2 is 1.94 bits per heavy atom. The molecule has 0 saturated carbocycles. The number of benzene rings is 1. The average Bonchev–Trinajstić information content (AvgIpc) is 2.83. The second-order valence-corrected chi connectivity index (χ2v) is 7.33. The Labute approximate surface area is 193 Å². The minimum atomic E-state index is -0.885. The number of rotatable bonds is 12. The number of aromatic nitrogens is 1. The van der Waals surface area contributed by atoms with Gasteiger partial charge >= 0.3 is 12.1 Å². The topological polar surface area (TPSA) is 118 Å². The highest BCUT2D eigenvalue weighted by Crippen LogP contribution is 2.12. The van der Waals surface area contributed by atoms with E-state index in [0.29, 0.717) is 25.8 Å². The fraction of sp³-hybridized carbons (Fsp3) is 0.333. The van der Waals surface area contributed by atoms with E-state index in [9.17, 15) is 19.5 Å². The van der Waals surface area contributed by atoms with E-state index in [1.54, 1.807) is 7.05 Å². The quantitative estimate of drug-likeness (QED) is 0.287. The van der Waals surface area contributed by atoms with E-state index in [1.807, 2.05) is 30.3 Å². The van der Waals surface area contributed by atoms with Crippen molar-refractivity contribution < 1.29 is 29.0 Å². The highest BCUT2D eigenvalue weighted by atomic mass is 16.6. The van der Waals surface area contributed by atoms with Crippen molar-refractivity contribution in [3.63, 3.8) is 0 Å². The van der Waals surface area contributed by atoms with E-state index in [1.165, 1.54) is 29.4 Å². The first-order valence-electron chi connectivity index (χ1n) is 10.5. The lowest BCUT2D eigenvalue weighted by molar-refractivity contribution is -0.145. The summed E-state index contributed by atoms with van der Waals surface area (Å²) in [5.41, 5.74) is 1.11. The number of carbonyl (C=O) groups is 3. The predicted octanol–water partition coefficient (Wildman–Crippen LogP) is 3.05. The van der Waals surface area contributed by atoms with Crippen molar-refractivity contribution in [2.24, 2.45) is 0 Å². The van der Waals surface area contributed by atoms with E-state index in [2.05, 4.69) is 16.9 Å². The standard InChI is InChI=1S/C24H29N3O6/c1-3-13-32-23(30)21(26-24(31)33-17-18-9-5-4-6-10-18)11-7-8-12-27(2)22(29)19-14-20(28)16-25-15-19/h3-6,9-10,14-16,21,28H,1,7-8,11-13,17H2,2H3,(H,26,31)/t21-/m0/s1. The summed E-state index contributed by atoms with van der Waals surface area (Å²) < 4.78 is 10.3. The van der Waals surface area contributed by atoms with Crippen molar-refractivity contribution in [3.8, 4) is 5.75 Å². The molecule has 9 nitrogen and oxygen atoms in total. The largest absolute Gasteiger partial charge is 0.506 e. The van der Waals surface area contributed by atoms with Crippen LogP contribution in [0.4, 0.5) is 4.79 Å². The molecule has 1 atom stereocenters. The van der Waals surface area contributed by atoms with Gasteiger partial charge in [-0.1, -0.05) is 43.0 Å². The van der Waals surface area contributed by atoms with Crippen molar-refractivity contribution >= 4 is 18.0 Å². The molecule has 0 aliphatic rings. The molecule has 9 heteroatoms. The lowest BCUT2D eigenvalue weighted by Crippen LogP contribution is -2.42. The third kappa shape index (κ3) is 9.02. The van der Waals surface area contributed by atoms with Crippen LogP contribution in [0.25, 0.3) is 0 Å². The third-order valence-electron chi connectivity index (χ3n) is 4.69. The summed E-state index contributed by atoms with van der Waals surface area (Å²) in [5, 5.41) is 12.0. The van der Waals surface area contributed by atoms with Gasteiger partial charge in [0.05, 0.1) is 11.8 Å². The number of nitrogens with one attached hydrogen (secondary N) is 1. The molecule has 2 aromatic rings. The lowest BCUT2D eigenvalue weighted by atomic mass is 10.1. The predicted molar refractivity (Wildman–Crippen MR) is 121 cm³/mol. The van der Waals surface area contributed by atoms with Crippen LogP contribution in [-0.4, -0.2) is 59.2 Å². The van der Waals surface area contributed by atoms with E-state index >= 15 is 0 Å². The molecule has 2 rings (SSSR count). The second kappa shape index (κ2) is 13.5. The zero-order valence-corrected chi connectivity index (χ0v) is 18.6. The molecule has 1 heterocycles. The van der Waals surface area contributed by atoms with Crippen LogP contribution in [0.5, 0.6) is 5.75 Å². The fourth-order valence-electron chi connectivity index (χ4n) is 2.96. The summed E-state index contributed by atoms with van der Waals surface area (Å²) in [6.45, 7) is 4.04. The Kier molecular flexibility index (Phi) is 10.4. The van der Waals surface area contributed by atoms with Gasteiger partial charge in [-0.05, 0) is 30.9 Å². The van der Waals surface area contributed by atoms with Crippen LogP contribution in [-0.2, 0) is 20.9 Å². The van der Waals surface area contributed by atoms with Crippen LogP contribution >= 0.6 is 0 Å². The van der Waals surface area contributed by atoms with Gasteiger partial charge in [0.1, 0.15) is 25.0 Å². The molecule has 33 heavy (non-hydrogen) atoms. The van der Waals surface area contributed by atoms with Gasteiger partial charge in [0, 0.05) is 19.8 Å². The zero-order chi connectivity index (χ0) is 24.1. The number of carbonyl (C=O) groups excluding carboxylic acids is 3. The maximum Gasteiger partial charge on any atom is 0.408 e. The highest BCUT2D eigenvalue weighted by molar-refractivity contribution is 5.94. The summed E-state index contributed by atoms with van der Waals surface area (Å²) >= 11 is 0. The molecule has 0 unspecified atom stereocenters. The molecule has 2 amide bonds. The van der Waals surface area contributed by atoms with Crippen LogP contribution in [0.15, 0.2) is 61.4 Å². The molecule has 0 saturated heterocycles. The number of esters is 1. The van der Waals surface area contributed by atoms with Gasteiger partial charge in [-0.25, -0.2) is 9.59 Å². The number of unbranched alkanes of at least 4 members (excludes halogenated alkanes) is 1. The molecule has 0 aliphatic carbocycles. The fourth-order valence-corrected chi connectivity index (χ4v) is 2.96. The number of nitrogens with zero attached hydrogens (tertiary/aromatic N) is 2. The maximum atomic E-state index is 12.4. The van der Waals surface area contributed by atoms with Gasteiger partial charge < -0.3 is 24.8 Å². The number of hydrogen-bond acceptors (Lipinski definition) is 7. The molecular formula is C24H29N3O6. The number of amides is 2. The number of alkyl carbamates (subject to hydrolysis) is 1. The van der Waals surface area contributed by atoms with E-state index in [-0.39, 0.29) is 30.4 Å². The SMILES string of the molecule is C=CCOC(=O)[C@H](CCCCN(C)C(=O)c1cncc(O)c1)NC(=O)OCc1ccccc1. The van der Waals surface area contributed by atoms with Crippen molar-refractivity contribution in [2.45, 2.75) is 31.9 Å². The van der Waals surface area contributed by atoms with Gasteiger partial charge in [0.15, 0.2) is 0 Å². The van der Waals surface area contributed by atoms with Crippen LogP contribution in [0.3, 0.4) is 0 Å². The van der Waals surface area contributed by atoms with E-state index in [4.69, 9.17) is 9.47 Å². The Balaban J connectivity index is 1.82. The Morgan fingerprint density at radius 1 is 1.18 bits per heavy atom. The van der Waals surface area contributed by atoms with Crippen molar-refractivity contribution in [2.75, 3.05) is 20.2 Å². The third-order valence-corrected chi connectivity index (χ3v) is 4.69. The summed E-state index contributed by atoms with van der Waals surface area (Å²) in [7, 11) is 1.64. The van der Waals surface area contributed by atoms with Gasteiger partial charge in [-0.3, -0.25) is 9.78 Å². The van der Waals surface area contributed by atoms with Gasteiger partial charge in [0.25, 0.3) is 5.91 Å². The van der Waals surface area contributed by atoms with Crippen molar-refractivity contribution in [3.05, 3.63) is 72.6 Å². The van der Waals surface area contributed by atoms with Crippen LogP contribution < -0.4 is 5.32 Å². The summed E-state index contributed by atoms with van der Waals surface area (Å²) in [5.74, 6) is -0.940. The minimum absolute atomic E-state index is 0.0330. The van der Waals surface area contributed by atoms with E-state index in [0.717, 1.165) is 5.56 Å².